The fourth-order valence-electron chi connectivity index (χ4n) is 3.61. The zero-order valence-electron chi connectivity index (χ0n) is 14.7. The van der Waals surface area contributed by atoms with Gasteiger partial charge in [-0.05, 0) is 36.8 Å². The van der Waals surface area contributed by atoms with E-state index in [0.717, 1.165) is 0 Å². The van der Waals surface area contributed by atoms with E-state index < -0.39 is 11.9 Å². The van der Waals surface area contributed by atoms with Crippen LogP contribution in [0.25, 0.3) is 11.0 Å². The minimum atomic E-state index is -0.716. The molecule has 1 aliphatic rings. The predicted molar refractivity (Wildman–Crippen MR) is 104 cm³/mol. The van der Waals surface area contributed by atoms with Gasteiger partial charge in [0.1, 0.15) is 11.3 Å². The third-order valence-electron chi connectivity index (χ3n) is 4.80. The summed E-state index contributed by atoms with van der Waals surface area (Å²) in [6.45, 7) is 1.73. The molecule has 138 valence electrons. The molecule has 0 fully saturated rings. The molecule has 0 N–H and O–H groups in total. The molecule has 6 nitrogen and oxygen atoms in total. The molecule has 0 saturated heterocycles. The lowest BCUT2D eigenvalue weighted by Gasteiger charge is -2.22. The van der Waals surface area contributed by atoms with Crippen molar-refractivity contribution in [2.24, 2.45) is 0 Å². The molecule has 2 aromatic carbocycles. The van der Waals surface area contributed by atoms with Crippen molar-refractivity contribution in [2.75, 3.05) is 4.90 Å². The van der Waals surface area contributed by atoms with Crippen LogP contribution in [0.1, 0.15) is 33.5 Å². The number of rotatable bonds is 2. The summed E-state index contributed by atoms with van der Waals surface area (Å²) in [5, 5.41) is 4.90. The second-order valence-corrected chi connectivity index (χ2v) is 7.04. The molecule has 5 rings (SSSR count). The number of benzene rings is 2. The van der Waals surface area contributed by atoms with Crippen LogP contribution in [0.5, 0.6) is 0 Å². The first-order valence-electron chi connectivity index (χ1n) is 8.62. The lowest BCUT2D eigenvalue weighted by molar-refractivity contribution is 0.0969. The number of hydrogen-bond donors (Lipinski definition) is 0. The van der Waals surface area contributed by atoms with Crippen LogP contribution in [-0.4, -0.2) is 11.1 Å². The Morgan fingerprint density at radius 1 is 1.07 bits per heavy atom. The van der Waals surface area contributed by atoms with Gasteiger partial charge < -0.3 is 8.94 Å². The summed E-state index contributed by atoms with van der Waals surface area (Å²) in [5.41, 5.74) is 1.06. The summed E-state index contributed by atoms with van der Waals surface area (Å²) in [5.74, 6) is 0.417. The lowest BCUT2D eigenvalue weighted by atomic mass is 9.98. The second kappa shape index (κ2) is 6.07. The number of amides is 1. The molecule has 4 aromatic rings. The Balaban J connectivity index is 1.84. The van der Waals surface area contributed by atoms with Gasteiger partial charge in [0, 0.05) is 11.1 Å². The second-order valence-electron chi connectivity index (χ2n) is 6.60. The monoisotopic (exact) mass is 392 g/mol. The zero-order chi connectivity index (χ0) is 19.4. The lowest BCUT2D eigenvalue weighted by Crippen LogP contribution is -2.29. The predicted octanol–water partition coefficient (Wildman–Crippen LogP) is 4.49. The maximum absolute atomic E-state index is 13.3. The minimum absolute atomic E-state index is 0.00864. The molecular formula is C21H13ClN2O4. The topological polar surface area (TPSA) is 76.6 Å². The average Bonchev–Trinajstić information content (AvgIpc) is 3.23. The molecule has 0 aliphatic carbocycles. The standard InChI is InChI=1S/C21H13ClN2O4/c1-11-9-16(23-28-11)24-18(12-5-4-6-13(22)10-12)17-19(25)14-7-2-3-8-15(14)27-20(17)21(24)26/h2-10,18H,1H3. The Labute approximate surface area is 163 Å². The first-order valence-corrected chi connectivity index (χ1v) is 9.00. The van der Waals surface area contributed by atoms with Crippen LogP contribution in [0.3, 0.4) is 0 Å². The maximum atomic E-state index is 13.3. The van der Waals surface area contributed by atoms with Gasteiger partial charge in [-0.1, -0.05) is 41.0 Å². The van der Waals surface area contributed by atoms with Gasteiger partial charge >= 0.3 is 0 Å². The van der Waals surface area contributed by atoms with Crippen LogP contribution < -0.4 is 10.3 Å². The molecule has 7 heteroatoms. The highest BCUT2D eigenvalue weighted by atomic mass is 35.5. The van der Waals surface area contributed by atoms with Crippen molar-refractivity contribution in [3.05, 3.63) is 92.5 Å². The Morgan fingerprint density at radius 2 is 1.89 bits per heavy atom. The van der Waals surface area contributed by atoms with Crippen molar-refractivity contribution in [1.29, 1.82) is 0 Å². The number of carbonyl (C=O) groups is 1. The summed E-state index contributed by atoms with van der Waals surface area (Å²) >= 11 is 6.18. The molecule has 1 aliphatic heterocycles. The molecule has 3 heterocycles. The Morgan fingerprint density at radius 3 is 2.64 bits per heavy atom. The van der Waals surface area contributed by atoms with Crippen LogP contribution in [0.15, 0.2) is 68.3 Å². The SMILES string of the molecule is Cc1cc(N2C(=O)c3oc4ccccc4c(=O)c3C2c2cccc(Cl)c2)no1. The normalized spacial score (nSPS) is 16.0. The van der Waals surface area contributed by atoms with Crippen LogP contribution in [-0.2, 0) is 0 Å². The minimum Gasteiger partial charge on any atom is -0.450 e. The van der Waals surface area contributed by atoms with Gasteiger partial charge in [-0.3, -0.25) is 14.5 Å². The highest BCUT2D eigenvalue weighted by Gasteiger charge is 2.44. The van der Waals surface area contributed by atoms with Gasteiger partial charge in [-0.25, -0.2) is 0 Å². The first kappa shape index (κ1) is 16.8. The number of para-hydroxylation sites is 1. The molecule has 2 aromatic heterocycles. The van der Waals surface area contributed by atoms with E-state index in [9.17, 15) is 9.59 Å². The van der Waals surface area contributed by atoms with Crippen LogP contribution >= 0.6 is 11.6 Å². The number of aryl methyl sites for hydroxylation is 1. The van der Waals surface area contributed by atoms with Crippen molar-refractivity contribution < 1.29 is 13.7 Å². The highest BCUT2D eigenvalue weighted by Crippen LogP contribution is 2.41. The third-order valence-corrected chi connectivity index (χ3v) is 5.04. The smallest absolute Gasteiger partial charge is 0.296 e. The van der Waals surface area contributed by atoms with E-state index in [1.165, 1.54) is 4.90 Å². The Hall–Kier alpha value is -3.38. The van der Waals surface area contributed by atoms with E-state index in [0.29, 0.717) is 33.1 Å². The highest BCUT2D eigenvalue weighted by molar-refractivity contribution is 6.30. The maximum Gasteiger partial charge on any atom is 0.296 e. The fourth-order valence-corrected chi connectivity index (χ4v) is 3.81. The van der Waals surface area contributed by atoms with E-state index in [2.05, 4.69) is 5.16 Å². The number of hydrogen-bond acceptors (Lipinski definition) is 5. The Kier molecular flexibility index (Phi) is 3.64. The van der Waals surface area contributed by atoms with Crippen molar-refractivity contribution in [1.82, 2.24) is 5.16 Å². The molecule has 1 atom stereocenters. The van der Waals surface area contributed by atoms with Crippen LogP contribution in [0.2, 0.25) is 5.02 Å². The largest absolute Gasteiger partial charge is 0.450 e. The van der Waals surface area contributed by atoms with Crippen molar-refractivity contribution >= 4 is 34.3 Å². The number of carbonyl (C=O) groups excluding carboxylic acids is 1. The quantitative estimate of drug-likeness (QED) is 0.502. The van der Waals surface area contributed by atoms with Crippen LogP contribution in [0.4, 0.5) is 5.82 Å². The molecule has 28 heavy (non-hydrogen) atoms. The number of aromatic nitrogens is 1. The van der Waals surface area contributed by atoms with Gasteiger partial charge in [-0.2, -0.15) is 0 Å². The van der Waals surface area contributed by atoms with E-state index in [-0.39, 0.29) is 16.8 Å². The number of anilines is 1. The van der Waals surface area contributed by atoms with Gasteiger partial charge in [0.15, 0.2) is 11.2 Å². The van der Waals surface area contributed by atoms with Crippen molar-refractivity contribution in [3.63, 3.8) is 0 Å². The van der Waals surface area contributed by atoms with Crippen molar-refractivity contribution in [3.8, 4) is 0 Å². The fraction of sp³-hybridized carbons (Fsp3) is 0.0952. The van der Waals surface area contributed by atoms with Gasteiger partial charge in [0.25, 0.3) is 5.91 Å². The van der Waals surface area contributed by atoms with E-state index in [1.54, 1.807) is 55.5 Å². The summed E-state index contributed by atoms with van der Waals surface area (Å²) in [7, 11) is 0. The number of fused-ring (bicyclic) bond motifs is 2. The molecule has 1 unspecified atom stereocenters. The van der Waals surface area contributed by atoms with Gasteiger partial charge in [-0.15, -0.1) is 0 Å². The van der Waals surface area contributed by atoms with E-state index >= 15 is 0 Å². The molecular weight excluding hydrogens is 380 g/mol. The zero-order valence-corrected chi connectivity index (χ0v) is 15.4. The third kappa shape index (κ3) is 2.38. The number of halogens is 1. The molecule has 0 bridgehead atoms. The molecule has 1 amide bonds. The van der Waals surface area contributed by atoms with Crippen LogP contribution in [0, 0.1) is 6.92 Å². The molecule has 0 spiro atoms. The number of nitrogens with zero attached hydrogens (tertiary/aromatic N) is 2. The molecule has 0 radical (unpaired) electrons. The first-order chi connectivity index (χ1) is 13.5. The van der Waals surface area contributed by atoms with Gasteiger partial charge in [0.2, 0.25) is 5.76 Å². The summed E-state index contributed by atoms with van der Waals surface area (Å²) < 4.78 is 11.0. The summed E-state index contributed by atoms with van der Waals surface area (Å²) in [4.78, 5) is 28.0. The van der Waals surface area contributed by atoms with Crippen molar-refractivity contribution in [2.45, 2.75) is 13.0 Å². The summed E-state index contributed by atoms with van der Waals surface area (Å²) in [6.07, 6.45) is 0. The van der Waals surface area contributed by atoms with E-state index in [1.807, 2.05) is 6.07 Å². The Bertz CT molecular complexity index is 1310. The van der Waals surface area contributed by atoms with E-state index in [4.69, 9.17) is 20.5 Å². The summed E-state index contributed by atoms with van der Waals surface area (Å²) in [6, 6.07) is 14.8. The van der Waals surface area contributed by atoms with Gasteiger partial charge in [0.05, 0.1) is 17.0 Å². The molecule has 0 saturated carbocycles. The average molecular weight is 393 g/mol.